The summed E-state index contributed by atoms with van der Waals surface area (Å²) < 4.78 is 6.74. The topological polar surface area (TPSA) is 64.4 Å². The Morgan fingerprint density at radius 3 is 2.52 bits per heavy atom. The van der Waals surface area contributed by atoms with Crippen molar-refractivity contribution in [3.63, 3.8) is 0 Å². The minimum absolute atomic E-state index is 0.00298. The van der Waals surface area contributed by atoms with Crippen molar-refractivity contribution in [2.75, 3.05) is 13.1 Å². The van der Waals surface area contributed by atoms with Crippen LogP contribution in [0.2, 0.25) is 0 Å². The van der Waals surface area contributed by atoms with Gasteiger partial charge in [-0.3, -0.25) is 9.36 Å². The predicted octanol–water partition coefficient (Wildman–Crippen LogP) is 2.36. The molecule has 0 saturated carbocycles. The van der Waals surface area contributed by atoms with Gasteiger partial charge in [-0.1, -0.05) is 0 Å². The van der Waals surface area contributed by atoms with Crippen molar-refractivity contribution in [1.82, 2.24) is 14.5 Å². The SMILES string of the molecule is CC(C)(C)OC(=O)N1CCC(CC(=O)n2[c]ncc2)CC1. The van der Waals surface area contributed by atoms with E-state index in [4.69, 9.17) is 4.74 Å². The highest BCUT2D eigenvalue weighted by Crippen LogP contribution is 2.22. The average molecular weight is 292 g/mol. The zero-order valence-electron chi connectivity index (χ0n) is 12.8. The van der Waals surface area contributed by atoms with Gasteiger partial charge < -0.3 is 9.64 Å². The summed E-state index contributed by atoms with van der Waals surface area (Å²) in [5.74, 6) is 0.301. The van der Waals surface area contributed by atoms with Gasteiger partial charge in [-0.2, -0.15) is 0 Å². The number of nitrogens with zero attached hydrogens (tertiary/aromatic N) is 3. The number of rotatable bonds is 2. The van der Waals surface area contributed by atoms with Gasteiger partial charge >= 0.3 is 6.09 Å². The summed E-state index contributed by atoms with van der Waals surface area (Å²) in [5.41, 5.74) is -0.471. The third-order valence-electron chi connectivity index (χ3n) is 3.45. The molecule has 1 aliphatic heterocycles. The second kappa shape index (κ2) is 6.28. The van der Waals surface area contributed by atoms with Crippen molar-refractivity contribution in [3.8, 4) is 0 Å². The van der Waals surface area contributed by atoms with Gasteiger partial charge in [0.15, 0.2) is 6.33 Å². The smallest absolute Gasteiger partial charge is 0.410 e. The zero-order chi connectivity index (χ0) is 15.5. The maximum atomic E-state index is 12.0. The monoisotopic (exact) mass is 292 g/mol. The molecule has 6 nitrogen and oxygen atoms in total. The molecule has 1 aromatic heterocycles. The molecule has 0 N–H and O–H groups in total. The maximum Gasteiger partial charge on any atom is 0.410 e. The lowest BCUT2D eigenvalue weighted by Gasteiger charge is -2.33. The molecule has 6 heteroatoms. The lowest BCUT2D eigenvalue weighted by Crippen LogP contribution is -2.42. The van der Waals surface area contributed by atoms with Crippen molar-refractivity contribution in [1.29, 1.82) is 0 Å². The van der Waals surface area contributed by atoms with Crippen molar-refractivity contribution in [3.05, 3.63) is 18.7 Å². The molecule has 0 spiro atoms. The van der Waals surface area contributed by atoms with Crippen LogP contribution in [0.4, 0.5) is 4.79 Å². The van der Waals surface area contributed by atoms with Gasteiger partial charge in [-0.25, -0.2) is 9.78 Å². The van der Waals surface area contributed by atoms with Crippen LogP contribution in [-0.2, 0) is 4.74 Å². The number of ether oxygens (including phenoxy) is 1. The number of likely N-dealkylation sites (tertiary alicyclic amines) is 1. The molecule has 2 heterocycles. The van der Waals surface area contributed by atoms with E-state index in [2.05, 4.69) is 11.3 Å². The number of carbonyl (C=O) groups is 2. The molecule has 2 rings (SSSR count). The first-order valence-electron chi connectivity index (χ1n) is 7.27. The molecule has 1 amide bonds. The molecule has 0 aliphatic carbocycles. The van der Waals surface area contributed by atoms with E-state index in [9.17, 15) is 9.59 Å². The van der Waals surface area contributed by atoms with E-state index in [1.54, 1.807) is 17.3 Å². The molecule has 1 aromatic rings. The van der Waals surface area contributed by atoms with Gasteiger partial charge in [0.05, 0.1) is 0 Å². The van der Waals surface area contributed by atoms with Crippen LogP contribution in [0.3, 0.4) is 0 Å². The number of hydrogen-bond donors (Lipinski definition) is 0. The second-order valence-corrected chi connectivity index (χ2v) is 6.41. The van der Waals surface area contributed by atoms with E-state index in [0.717, 1.165) is 12.8 Å². The lowest BCUT2D eigenvalue weighted by atomic mass is 9.93. The summed E-state index contributed by atoms with van der Waals surface area (Å²) in [7, 11) is 0. The number of piperidine rings is 1. The lowest BCUT2D eigenvalue weighted by molar-refractivity contribution is 0.0182. The Morgan fingerprint density at radius 2 is 2.00 bits per heavy atom. The molecule has 1 saturated heterocycles. The van der Waals surface area contributed by atoms with Crippen LogP contribution in [0.25, 0.3) is 0 Å². The fourth-order valence-corrected chi connectivity index (χ4v) is 2.36. The van der Waals surface area contributed by atoms with Gasteiger partial charge in [0.2, 0.25) is 5.91 Å². The predicted molar refractivity (Wildman–Crippen MR) is 76.8 cm³/mol. The molecular weight excluding hydrogens is 270 g/mol. The summed E-state index contributed by atoms with van der Waals surface area (Å²) >= 11 is 0. The summed E-state index contributed by atoms with van der Waals surface area (Å²) in [6, 6.07) is 0. The molecule has 1 aliphatic rings. The zero-order valence-corrected chi connectivity index (χ0v) is 12.8. The Labute approximate surface area is 125 Å². The number of aromatic nitrogens is 2. The van der Waals surface area contributed by atoms with Crippen molar-refractivity contribution in [2.45, 2.75) is 45.6 Å². The van der Waals surface area contributed by atoms with Crippen LogP contribution in [0.5, 0.6) is 0 Å². The Kier molecular flexibility index (Phi) is 4.65. The first kappa shape index (κ1) is 15.5. The number of carbonyl (C=O) groups excluding carboxylic acids is 2. The summed E-state index contributed by atoms with van der Waals surface area (Å²) in [6.07, 6.45) is 7.60. The molecule has 21 heavy (non-hydrogen) atoms. The van der Waals surface area contributed by atoms with Crippen LogP contribution in [0, 0.1) is 12.2 Å². The number of imidazole rings is 1. The van der Waals surface area contributed by atoms with Gasteiger partial charge in [0, 0.05) is 31.9 Å². The first-order valence-corrected chi connectivity index (χ1v) is 7.27. The van der Waals surface area contributed by atoms with Crippen molar-refractivity contribution >= 4 is 12.0 Å². The fourth-order valence-electron chi connectivity index (χ4n) is 2.36. The molecule has 0 unspecified atom stereocenters. The average Bonchev–Trinajstić information content (AvgIpc) is 2.91. The molecule has 0 atom stereocenters. The van der Waals surface area contributed by atoms with Crippen molar-refractivity contribution < 1.29 is 14.3 Å². The van der Waals surface area contributed by atoms with Gasteiger partial charge in [-0.15, -0.1) is 0 Å². The summed E-state index contributed by atoms with van der Waals surface area (Å²) in [4.78, 5) is 29.4. The molecule has 115 valence electrons. The van der Waals surface area contributed by atoms with E-state index in [1.165, 1.54) is 4.57 Å². The van der Waals surface area contributed by atoms with Crippen LogP contribution in [0.15, 0.2) is 12.4 Å². The Balaban J connectivity index is 1.78. The highest BCUT2D eigenvalue weighted by molar-refractivity contribution is 5.78. The minimum Gasteiger partial charge on any atom is -0.444 e. The van der Waals surface area contributed by atoms with E-state index in [1.807, 2.05) is 20.8 Å². The maximum absolute atomic E-state index is 12.0. The van der Waals surface area contributed by atoms with Crippen molar-refractivity contribution in [2.24, 2.45) is 5.92 Å². The van der Waals surface area contributed by atoms with Crippen LogP contribution in [0.1, 0.15) is 44.8 Å². The Morgan fingerprint density at radius 1 is 1.33 bits per heavy atom. The Hall–Kier alpha value is -1.85. The van der Waals surface area contributed by atoms with E-state index in [-0.39, 0.29) is 12.0 Å². The first-order chi connectivity index (χ1) is 9.85. The molecular formula is C15H22N3O3. The molecule has 0 bridgehead atoms. The summed E-state index contributed by atoms with van der Waals surface area (Å²) in [6.45, 7) is 6.86. The van der Waals surface area contributed by atoms with E-state index < -0.39 is 5.60 Å². The largest absolute Gasteiger partial charge is 0.444 e. The minimum atomic E-state index is -0.471. The van der Waals surface area contributed by atoms with Crippen LogP contribution in [-0.4, -0.2) is 45.1 Å². The van der Waals surface area contributed by atoms with E-state index in [0.29, 0.717) is 25.4 Å². The third-order valence-corrected chi connectivity index (χ3v) is 3.45. The van der Waals surface area contributed by atoms with Crippen LogP contribution >= 0.6 is 0 Å². The normalized spacial score (nSPS) is 16.8. The standard InChI is InChI=1S/C15H22N3O3/c1-15(2,3)21-14(20)17-7-4-12(5-8-17)10-13(19)18-9-6-16-11-18/h6,9,12H,4-5,7-8,10H2,1-3H3. The quantitative estimate of drug-likeness (QED) is 0.839. The molecule has 1 fully saturated rings. The number of amides is 1. The van der Waals surface area contributed by atoms with E-state index >= 15 is 0 Å². The second-order valence-electron chi connectivity index (χ2n) is 6.41. The van der Waals surface area contributed by atoms with Gasteiger partial charge in [0.25, 0.3) is 0 Å². The van der Waals surface area contributed by atoms with Gasteiger partial charge in [0.1, 0.15) is 5.60 Å². The highest BCUT2D eigenvalue weighted by Gasteiger charge is 2.27. The number of hydrogen-bond acceptors (Lipinski definition) is 4. The molecule has 1 radical (unpaired) electrons. The Bertz CT molecular complexity index is 483. The van der Waals surface area contributed by atoms with Crippen LogP contribution < -0.4 is 0 Å². The fraction of sp³-hybridized carbons (Fsp3) is 0.667. The third kappa shape index (κ3) is 4.58. The summed E-state index contributed by atoms with van der Waals surface area (Å²) in [5, 5.41) is 0. The highest BCUT2D eigenvalue weighted by atomic mass is 16.6. The molecule has 0 aromatic carbocycles. The van der Waals surface area contributed by atoms with Gasteiger partial charge in [-0.05, 0) is 39.5 Å².